The second-order valence-electron chi connectivity index (χ2n) is 5.05. The van der Waals surface area contributed by atoms with Crippen molar-refractivity contribution >= 4 is 0 Å². The van der Waals surface area contributed by atoms with Gasteiger partial charge in [-0.15, -0.1) is 0 Å². The molecule has 1 atom stereocenters. The molecule has 0 aromatic carbocycles. The lowest BCUT2D eigenvalue weighted by molar-refractivity contribution is -0.0433. The first-order chi connectivity index (χ1) is 6.68. The maximum atomic E-state index is 10.4. The van der Waals surface area contributed by atoms with E-state index in [0.717, 1.165) is 32.5 Å². The van der Waals surface area contributed by atoms with Gasteiger partial charge in [0.05, 0.1) is 5.60 Å². The van der Waals surface area contributed by atoms with Crippen molar-refractivity contribution in [2.75, 3.05) is 39.8 Å². The van der Waals surface area contributed by atoms with Crippen molar-refractivity contribution in [3.05, 3.63) is 0 Å². The van der Waals surface area contributed by atoms with Crippen LogP contribution < -0.4 is 0 Å². The summed E-state index contributed by atoms with van der Waals surface area (Å²) in [6, 6.07) is 0. The Bertz CT molecular complexity index is 192. The van der Waals surface area contributed by atoms with Crippen molar-refractivity contribution in [2.45, 2.75) is 31.3 Å². The third-order valence-electron chi connectivity index (χ3n) is 3.46. The number of hydrogen-bond acceptors (Lipinski definition) is 3. The number of β-amino-alcohol motifs (C(OH)–C–C–N with tert-alkyl or cyclic N) is 1. The Labute approximate surface area is 86.7 Å². The van der Waals surface area contributed by atoms with Gasteiger partial charge in [-0.3, -0.25) is 0 Å². The monoisotopic (exact) mass is 198 g/mol. The molecule has 0 aromatic rings. The van der Waals surface area contributed by atoms with Gasteiger partial charge >= 0.3 is 0 Å². The van der Waals surface area contributed by atoms with Gasteiger partial charge in [-0.2, -0.15) is 0 Å². The third kappa shape index (κ3) is 2.47. The molecule has 0 aromatic heterocycles. The number of likely N-dealkylation sites (tertiary alicyclic amines) is 2. The molecular formula is C11H22N2O. The average molecular weight is 198 g/mol. The predicted octanol–water partition coefficient (Wildman–Crippen LogP) is 0.539. The van der Waals surface area contributed by atoms with Crippen LogP contribution in [0.15, 0.2) is 0 Å². The van der Waals surface area contributed by atoms with Crippen LogP contribution in [0, 0.1) is 0 Å². The lowest BCUT2D eigenvalue weighted by Gasteiger charge is -2.39. The van der Waals surface area contributed by atoms with E-state index in [9.17, 15) is 5.11 Å². The largest absolute Gasteiger partial charge is 0.387 e. The van der Waals surface area contributed by atoms with Crippen LogP contribution in [0.1, 0.15) is 25.7 Å². The Morgan fingerprint density at radius 3 is 2.50 bits per heavy atom. The van der Waals surface area contributed by atoms with E-state index in [0.29, 0.717) is 0 Å². The Hall–Kier alpha value is -0.120. The van der Waals surface area contributed by atoms with Crippen LogP contribution >= 0.6 is 0 Å². The van der Waals surface area contributed by atoms with Gasteiger partial charge in [0, 0.05) is 13.1 Å². The fourth-order valence-electron chi connectivity index (χ4n) is 2.82. The molecule has 2 aliphatic rings. The molecule has 0 bridgehead atoms. The molecule has 2 fully saturated rings. The van der Waals surface area contributed by atoms with E-state index < -0.39 is 5.60 Å². The van der Waals surface area contributed by atoms with Crippen LogP contribution in [-0.4, -0.2) is 60.3 Å². The quantitative estimate of drug-likeness (QED) is 0.701. The summed E-state index contributed by atoms with van der Waals surface area (Å²) in [6.07, 6.45) is 4.74. The van der Waals surface area contributed by atoms with Crippen LogP contribution in [0.4, 0.5) is 0 Å². The van der Waals surface area contributed by atoms with E-state index in [2.05, 4.69) is 16.8 Å². The molecule has 2 heterocycles. The van der Waals surface area contributed by atoms with Crippen LogP contribution in [0.2, 0.25) is 0 Å². The topological polar surface area (TPSA) is 26.7 Å². The van der Waals surface area contributed by atoms with Crippen molar-refractivity contribution < 1.29 is 5.11 Å². The lowest BCUT2D eigenvalue weighted by atomic mass is 9.92. The smallest absolute Gasteiger partial charge is 0.0900 e. The molecule has 3 nitrogen and oxygen atoms in total. The Kier molecular flexibility index (Phi) is 3.10. The van der Waals surface area contributed by atoms with E-state index in [4.69, 9.17) is 0 Å². The molecule has 0 amide bonds. The van der Waals surface area contributed by atoms with Gasteiger partial charge in [0.25, 0.3) is 0 Å². The van der Waals surface area contributed by atoms with E-state index in [1.54, 1.807) is 0 Å². The predicted molar refractivity (Wildman–Crippen MR) is 57.4 cm³/mol. The summed E-state index contributed by atoms with van der Waals surface area (Å²) in [7, 11) is 2.11. The second-order valence-corrected chi connectivity index (χ2v) is 5.05. The second kappa shape index (κ2) is 4.17. The molecule has 0 saturated carbocycles. The maximum absolute atomic E-state index is 10.4. The van der Waals surface area contributed by atoms with E-state index >= 15 is 0 Å². The van der Waals surface area contributed by atoms with Gasteiger partial charge in [-0.25, -0.2) is 0 Å². The summed E-state index contributed by atoms with van der Waals surface area (Å²) in [5, 5.41) is 10.4. The lowest BCUT2D eigenvalue weighted by Crippen LogP contribution is -2.52. The summed E-state index contributed by atoms with van der Waals surface area (Å²) in [5.41, 5.74) is -0.433. The summed E-state index contributed by atoms with van der Waals surface area (Å²) in [5.74, 6) is 0. The normalized spacial score (nSPS) is 36.4. The molecule has 3 heteroatoms. The molecule has 2 saturated heterocycles. The van der Waals surface area contributed by atoms with Crippen molar-refractivity contribution in [3.8, 4) is 0 Å². The molecule has 2 aliphatic heterocycles. The number of nitrogens with zero attached hydrogens (tertiary/aromatic N) is 2. The molecule has 1 N–H and O–H groups in total. The zero-order valence-electron chi connectivity index (χ0n) is 9.21. The highest BCUT2D eigenvalue weighted by atomic mass is 16.3. The molecule has 0 radical (unpaired) electrons. The molecule has 82 valence electrons. The zero-order chi connectivity index (χ0) is 10.0. The van der Waals surface area contributed by atoms with E-state index in [-0.39, 0.29) is 0 Å². The number of aliphatic hydroxyl groups is 1. The van der Waals surface area contributed by atoms with Gasteiger partial charge in [0.1, 0.15) is 0 Å². The van der Waals surface area contributed by atoms with Crippen molar-refractivity contribution in [2.24, 2.45) is 0 Å². The Balaban J connectivity index is 1.87. The number of rotatable bonds is 2. The summed E-state index contributed by atoms with van der Waals surface area (Å²) in [4.78, 5) is 4.67. The number of hydrogen-bond donors (Lipinski definition) is 1. The molecule has 2 rings (SSSR count). The number of piperidine rings is 1. The van der Waals surface area contributed by atoms with Gasteiger partial charge in [-0.1, -0.05) is 0 Å². The minimum atomic E-state index is -0.433. The summed E-state index contributed by atoms with van der Waals surface area (Å²) in [6.45, 7) is 5.25. The van der Waals surface area contributed by atoms with Crippen LogP contribution in [-0.2, 0) is 0 Å². The standard InChI is InChI=1S/C11H22N2O/c1-12-6-4-5-11(14,9-12)10-13-7-2-3-8-13/h14H,2-10H2,1H3. The maximum Gasteiger partial charge on any atom is 0.0900 e. The van der Waals surface area contributed by atoms with Gasteiger partial charge in [0.15, 0.2) is 0 Å². The highest BCUT2D eigenvalue weighted by Crippen LogP contribution is 2.23. The molecule has 14 heavy (non-hydrogen) atoms. The van der Waals surface area contributed by atoms with Crippen molar-refractivity contribution in [3.63, 3.8) is 0 Å². The van der Waals surface area contributed by atoms with Crippen LogP contribution in [0.5, 0.6) is 0 Å². The third-order valence-corrected chi connectivity index (χ3v) is 3.46. The minimum absolute atomic E-state index is 0.433. The van der Waals surface area contributed by atoms with Crippen molar-refractivity contribution in [1.82, 2.24) is 9.80 Å². The first-order valence-electron chi connectivity index (χ1n) is 5.81. The van der Waals surface area contributed by atoms with Crippen molar-refractivity contribution in [1.29, 1.82) is 0 Å². The minimum Gasteiger partial charge on any atom is -0.387 e. The fraction of sp³-hybridized carbons (Fsp3) is 1.00. The van der Waals surface area contributed by atoms with Crippen LogP contribution in [0.25, 0.3) is 0 Å². The molecule has 1 unspecified atom stereocenters. The van der Waals surface area contributed by atoms with Gasteiger partial charge in [0.2, 0.25) is 0 Å². The Morgan fingerprint density at radius 2 is 1.86 bits per heavy atom. The highest BCUT2D eigenvalue weighted by Gasteiger charge is 2.34. The summed E-state index contributed by atoms with van der Waals surface area (Å²) >= 11 is 0. The zero-order valence-corrected chi connectivity index (χ0v) is 9.21. The van der Waals surface area contributed by atoms with E-state index in [1.165, 1.54) is 25.9 Å². The van der Waals surface area contributed by atoms with Gasteiger partial charge in [-0.05, 0) is 52.4 Å². The Morgan fingerprint density at radius 1 is 1.14 bits per heavy atom. The average Bonchev–Trinajstić information content (AvgIpc) is 2.55. The molecule has 0 spiro atoms. The summed E-state index contributed by atoms with van der Waals surface area (Å²) < 4.78 is 0. The molecule has 0 aliphatic carbocycles. The number of likely N-dealkylation sites (N-methyl/N-ethyl adjacent to an activating group) is 1. The fourth-order valence-corrected chi connectivity index (χ4v) is 2.82. The van der Waals surface area contributed by atoms with E-state index in [1.807, 2.05) is 0 Å². The van der Waals surface area contributed by atoms with Gasteiger partial charge < -0.3 is 14.9 Å². The SMILES string of the molecule is CN1CCCC(O)(CN2CCCC2)C1. The first kappa shape index (κ1) is 10.4. The molecular weight excluding hydrogens is 176 g/mol. The highest BCUT2D eigenvalue weighted by molar-refractivity contribution is 4.89. The van der Waals surface area contributed by atoms with Crippen LogP contribution in [0.3, 0.4) is 0 Å². The first-order valence-corrected chi connectivity index (χ1v) is 5.81.